The van der Waals surface area contributed by atoms with Crippen LogP contribution < -0.4 is 5.56 Å². The first-order valence-corrected chi connectivity index (χ1v) is 7.75. The predicted octanol–water partition coefficient (Wildman–Crippen LogP) is 2.08. The van der Waals surface area contributed by atoms with Crippen LogP contribution in [0.2, 0.25) is 5.02 Å². The van der Waals surface area contributed by atoms with Gasteiger partial charge < -0.3 is 14.6 Å². The fourth-order valence-corrected chi connectivity index (χ4v) is 2.77. The van der Waals surface area contributed by atoms with Crippen LogP contribution in [0.1, 0.15) is 28.0 Å². The van der Waals surface area contributed by atoms with Crippen molar-refractivity contribution in [1.82, 2.24) is 14.9 Å². The molecule has 3 rings (SSSR count). The van der Waals surface area contributed by atoms with Crippen LogP contribution in [0.4, 0.5) is 4.39 Å². The van der Waals surface area contributed by atoms with Crippen LogP contribution in [0.15, 0.2) is 29.1 Å². The molecule has 0 saturated carbocycles. The fourth-order valence-electron chi connectivity index (χ4n) is 2.59. The number of aromatic amines is 1. The number of hydrogen-bond acceptors (Lipinski definition) is 4. The third kappa shape index (κ3) is 3.47. The van der Waals surface area contributed by atoms with Crippen LogP contribution in [0.25, 0.3) is 0 Å². The number of carbonyl (C=O) groups excluding carboxylic acids is 1. The van der Waals surface area contributed by atoms with Gasteiger partial charge in [0.05, 0.1) is 23.9 Å². The first-order valence-electron chi connectivity index (χ1n) is 7.38. The Morgan fingerprint density at radius 3 is 2.96 bits per heavy atom. The highest BCUT2D eigenvalue weighted by Gasteiger charge is 2.27. The number of ether oxygens (including phenoxy) is 1. The van der Waals surface area contributed by atoms with Crippen LogP contribution in [-0.4, -0.2) is 40.5 Å². The molecule has 1 saturated heterocycles. The SMILES string of the molecule is Cc1nc(C2CN(C(=O)c3ccc(F)c(Cl)c3)CCO2)cc(=O)[nH]1. The van der Waals surface area contributed by atoms with Gasteiger partial charge in [0, 0.05) is 18.2 Å². The van der Waals surface area contributed by atoms with Gasteiger partial charge in [-0.1, -0.05) is 11.6 Å². The number of halogens is 2. The van der Waals surface area contributed by atoms with Gasteiger partial charge in [-0.3, -0.25) is 9.59 Å². The van der Waals surface area contributed by atoms with E-state index in [0.29, 0.717) is 30.2 Å². The van der Waals surface area contributed by atoms with Gasteiger partial charge in [-0.05, 0) is 25.1 Å². The molecule has 2 aromatic rings. The molecule has 0 aliphatic carbocycles. The van der Waals surface area contributed by atoms with E-state index in [2.05, 4.69) is 9.97 Å². The minimum absolute atomic E-state index is 0.0995. The van der Waals surface area contributed by atoms with E-state index in [0.717, 1.165) is 6.07 Å². The largest absolute Gasteiger partial charge is 0.368 e. The zero-order valence-electron chi connectivity index (χ0n) is 12.9. The summed E-state index contributed by atoms with van der Waals surface area (Å²) >= 11 is 5.74. The Bertz CT molecular complexity index is 840. The molecule has 1 atom stereocenters. The van der Waals surface area contributed by atoms with E-state index in [4.69, 9.17) is 16.3 Å². The van der Waals surface area contributed by atoms with E-state index < -0.39 is 11.9 Å². The molecule has 1 amide bonds. The quantitative estimate of drug-likeness (QED) is 0.899. The molecule has 0 bridgehead atoms. The van der Waals surface area contributed by atoms with Crippen molar-refractivity contribution in [2.24, 2.45) is 0 Å². The summed E-state index contributed by atoms with van der Waals surface area (Å²) in [5, 5.41) is -0.0995. The number of carbonyl (C=O) groups is 1. The third-order valence-electron chi connectivity index (χ3n) is 3.73. The van der Waals surface area contributed by atoms with Gasteiger partial charge in [-0.15, -0.1) is 0 Å². The number of aromatic nitrogens is 2. The lowest BCUT2D eigenvalue weighted by molar-refractivity contribution is -0.0249. The highest BCUT2D eigenvalue weighted by atomic mass is 35.5. The normalized spacial score (nSPS) is 17.8. The van der Waals surface area contributed by atoms with Crippen molar-refractivity contribution in [3.8, 4) is 0 Å². The molecule has 1 aromatic heterocycles. The molecule has 0 radical (unpaired) electrons. The molecule has 8 heteroatoms. The van der Waals surface area contributed by atoms with Crippen molar-refractivity contribution < 1.29 is 13.9 Å². The molecule has 6 nitrogen and oxygen atoms in total. The van der Waals surface area contributed by atoms with Crippen LogP contribution >= 0.6 is 11.6 Å². The number of morpholine rings is 1. The zero-order chi connectivity index (χ0) is 17.3. The number of H-pyrrole nitrogens is 1. The maximum Gasteiger partial charge on any atom is 0.254 e. The van der Waals surface area contributed by atoms with Gasteiger partial charge in [-0.25, -0.2) is 9.37 Å². The molecule has 1 aliphatic rings. The van der Waals surface area contributed by atoms with Crippen LogP contribution in [0.5, 0.6) is 0 Å². The number of nitrogens with one attached hydrogen (secondary N) is 1. The summed E-state index contributed by atoms with van der Waals surface area (Å²) in [6.45, 7) is 2.65. The molecule has 126 valence electrons. The maximum atomic E-state index is 13.2. The number of nitrogens with zero attached hydrogens (tertiary/aromatic N) is 2. The Morgan fingerprint density at radius 2 is 2.25 bits per heavy atom. The van der Waals surface area contributed by atoms with E-state index in [9.17, 15) is 14.0 Å². The molecule has 0 spiro atoms. The summed E-state index contributed by atoms with van der Waals surface area (Å²) in [5.74, 6) is -0.363. The summed E-state index contributed by atoms with van der Waals surface area (Å²) in [7, 11) is 0. The van der Waals surface area contributed by atoms with Crippen LogP contribution in [0, 0.1) is 12.7 Å². The minimum Gasteiger partial charge on any atom is -0.368 e. The lowest BCUT2D eigenvalue weighted by Crippen LogP contribution is -2.42. The van der Waals surface area contributed by atoms with E-state index >= 15 is 0 Å². The van der Waals surface area contributed by atoms with Crippen molar-refractivity contribution in [3.63, 3.8) is 0 Å². The van der Waals surface area contributed by atoms with Gasteiger partial charge in [0.25, 0.3) is 11.5 Å². The number of hydrogen-bond donors (Lipinski definition) is 1. The second-order valence-electron chi connectivity index (χ2n) is 5.50. The van der Waals surface area contributed by atoms with Gasteiger partial charge in [-0.2, -0.15) is 0 Å². The van der Waals surface area contributed by atoms with Crippen molar-refractivity contribution in [1.29, 1.82) is 0 Å². The highest BCUT2D eigenvalue weighted by Crippen LogP contribution is 2.23. The lowest BCUT2D eigenvalue weighted by Gasteiger charge is -2.32. The topological polar surface area (TPSA) is 75.3 Å². The third-order valence-corrected chi connectivity index (χ3v) is 4.02. The number of amides is 1. The Hall–Kier alpha value is -2.25. The summed E-state index contributed by atoms with van der Waals surface area (Å²) in [5.41, 5.74) is 0.512. The Morgan fingerprint density at radius 1 is 1.46 bits per heavy atom. The van der Waals surface area contributed by atoms with E-state index in [-0.39, 0.29) is 23.0 Å². The Labute approximate surface area is 142 Å². The molecular formula is C16H15ClFN3O3. The summed E-state index contributed by atoms with van der Waals surface area (Å²) in [6, 6.07) is 5.22. The van der Waals surface area contributed by atoms with Gasteiger partial charge in [0.2, 0.25) is 0 Å². The second-order valence-corrected chi connectivity index (χ2v) is 5.90. The van der Waals surface area contributed by atoms with Crippen molar-refractivity contribution in [3.05, 3.63) is 62.5 Å². The van der Waals surface area contributed by atoms with Gasteiger partial charge in [0.1, 0.15) is 17.7 Å². The van der Waals surface area contributed by atoms with Crippen molar-refractivity contribution >= 4 is 17.5 Å². The predicted molar refractivity (Wildman–Crippen MR) is 85.6 cm³/mol. The molecule has 1 aliphatic heterocycles. The molecule has 1 aromatic carbocycles. The average molecular weight is 352 g/mol. The molecule has 1 fully saturated rings. The fraction of sp³-hybridized carbons (Fsp3) is 0.312. The monoisotopic (exact) mass is 351 g/mol. The smallest absolute Gasteiger partial charge is 0.254 e. The Kier molecular flexibility index (Phi) is 4.64. The van der Waals surface area contributed by atoms with Crippen molar-refractivity contribution in [2.75, 3.05) is 19.7 Å². The van der Waals surface area contributed by atoms with Crippen molar-refractivity contribution in [2.45, 2.75) is 13.0 Å². The summed E-state index contributed by atoms with van der Waals surface area (Å²) < 4.78 is 18.9. The highest BCUT2D eigenvalue weighted by molar-refractivity contribution is 6.31. The zero-order valence-corrected chi connectivity index (χ0v) is 13.6. The first-order chi connectivity index (χ1) is 11.4. The summed E-state index contributed by atoms with van der Waals surface area (Å²) in [6.07, 6.45) is -0.486. The standard InChI is InChI=1S/C16H15ClFN3O3/c1-9-19-13(7-15(22)20-9)14-8-21(4-5-24-14)16(23)10-2-3-12(18)11(17)6-10/h2-3,6-7,14H,4-5,8H2,1H3,(H,19,20,22). The molecular weight excluding hydrogens is 337 g/mol. The number of benzene rings is 1. The molecule has 1 N–H and O–H groups in total. The molecule has 1 unspecified atom stereocenters. The van der Waals surface area contributed by atoms with E-state index in [1.807, 2.05) is 0 Å². The lowest BCUT2D eigenvalue weighted by atomic mass is 10.1. The molecule has 2 heterocycles. The van der Waals surface area contributed by atoms with E-state index in [1.54, 1.807) is 11.8 Å². The minimum atomic E-state index is -0.573. The first kappa shape index (κ1) is 16.6. The molecule has 24 heavy (non-hydrogen) atoms. The number of aryl methyl sites for hydroxylation is 1. The second kappa shape index (κ2) is 6.70. The summed E-state index contributed by atoms with van der Waals surface area (Å²) in [4.78, 5) is 32.6. The average Bonchev–Trinajstić information content (AvgIpc) is 2.56. The van der Waals surface area contributed by atoms with E-state index in [1.165, 1.54) is 18.2 Å². The Balaban J connectivity index is 1.81. The maximum absolute atomic E-state index is 13.2. The van der Waals surface area contributed by atoms with Crippen LogP contribution in [-0.2, 0) is 4.74 Å². The number of rotatable bonds is 2. The van der Waals surface area contributed by atoms with Gasteiger partial charge >= 0.3 is 0 Å². The van der Waals surface area contributed by atoms with Crippen LogP contribution in [0.3, 0.4) is 0 Å². The van der Waals surface area contributed by atoms with Gasteiger partial charge in [0.15, 0.2) is 0 Å².